The Bertz CT molecular complexity index is 468. The van der Waals surface area contributed by atoms with E-state index < -0.39 is 0 Å². The Hall–Kier alpha value is -1.48. The van der Waals surface area contributed by atoms with Gasteiger partial charge >= 0.3 is 0 Å². The molecule has 2 aromatic carbocycles. The van der Waals surface area contributed by atoms with E-state index in [1.807, 2.05) is 30.3 Å². The summed E-state index contributed by atoms with van der Waals surface area (Å²) < 4.78 is 1.10. The Morgan fingerprint density at radius 1 is 1.00 bits per heavy atom. The summed E-state index contributed by atoms with van der Waals surface area (Å²) in [6.45, 7) is 0.756. The van der Waals surface area contributed by atoms with E-state index in [0.717, 1.165) is 16.7 Å². The highest BCUT2D eigenvalue weighted by molar-refractivity contribution is 9.10. The molecule has 0 atom stereocenters. The van der Waals surface area contributed by atoms with Crippen LogP contribution in [0.25, 0.3) is 0 Å². The molecule has 0 saturated carbocycles. The fourth-order valence-corrected chi connectivity index (χ4v) is 1.84. The van der Waals surface area contributed by atoms with Gasteiger partial charge in [0.25, 0.3) is 0 Å². The number of phenols is 1. The van der Waals surface area contributed by atoms with Gasteiger partial charge in [-0.1, -0.05) is 34.1 Å². The van der Waals surface area contributed by atoms with Crippen molar-refractivity contribution in [3.05, 3.63) is 58.6 Å². The van der Waals surface area contributed by atoms with Crippen LogP contribution in [0, 0.1) is 0 Å². The van der Waals surface area contributed by atoms with Gasteiger partial charge in [-0.2, -0.15) is 0 Å². The maximum absolute atomic E-state index is 9.15. The Balaban J connectivity index is 2.02. The molecule has 0 radical (unpaired) electrons. The van der Waals surface area contributed by atoms with Gasteiger partial charge in [0, 0.05) is 16.7 Å². The van der Waals surface area contributed by atoms with Gasteiger partial charge in [-0.05, 0) is 35.9 Å². The summed E-state index contributed by atoms with van der Waals surface area (Å²) in [4.78, 5) is 0. The highest BCUT2D eigenvalue weighted by Crippen LogP contribution is 2.18. The first-order valence-corrected chi connectivity index (χ1v) is 5.81. The number of anilines is 1. The fraction of sp³-hybridized carbons (Fsp3) is 0.0769. The van der Waals surface area contributed by atoms with Crippen molar-refractivity contribution in [2.75, 3.05) is 5.32 Å². The summed E-state index contributed by atoms with van der Waals surface area (Å²) in [5.41, 5.74) is 2.20. The Labute approximate surface area is 103 Å². The van der Waals surface area contributed by atoms with Crippen LogP contribution in [0.3, 0.4) is 0 Å². The second-order valence-electron chi connectivity index (χ2n) is 3.49. The van der Waals surface area contributed by atoms with Gasteiger partial charge in [0.05, 0.1) is 0 Å². The highest BCUT2D eigenvalue weighted by Gasteiger charge is 1.98. The van der Waals surface area contributed by atoms with Gasteiger partial charge < -0.3 is 10.4 Å². The summed E-state index contributed by atoms with van der Waals surface area (Å²) in [6.07, 6.45) is 0. The van der Waals surface area contributed by atoms with Crippen molar-refractivity contribution in [1.82, 2.24) is 0 Å². The highest BCUT2D eigenvalue weighted by atomic mass is 79.9. The van der Waals surface area contributed by atoms with Crippen LogP contribution >= 0.6 is 15.9 Å². The smallest absolute Gasteiger partial charge is 0.115 e. The van der Waals surface area contributed by atoms with E-state index in [4.69, 9.17) is 5.11 Å². The molecule has 0 aliphatic carbocycles. The van der Waals surface area contributed by atoms with Crippen LogP contribution in [0.2, 0.25) is 0 Å². The van der Waals surface area contributed by atoms with Gasteiger partial charge in [0.15, 0.2) is 0 Å². The summed E-state index contributed by atoms with van der Waals surface area (Å²) in [6, 6.07) is 15.1. The zero-order chi connectivity index (χ0) is 11.4. The molecule has 0 saturated heterocycles. The number of rotatable bonds is 3. The molecule has 0 fully saturated rings. The first-order valence-electron chi connectivity index (χ1n) is 5.02. The first-order chi connectivity index (χ1) is 7.75. The van der Waals surface area contributed by atoms with Gasteiger partial charge in [0.1, 0.15) is 5.75 Å². The SMILES string of the molecule is Oc1ccc(NCc2ccccc2Br)cc1. The average Bonchev–Trinajstić information content (AvgIpc) is 2.30. The van der Waals surface area contributed by atoms with E-state index >= 15 is 0 Å². The molecule has 82 valence electrons. The quantitative estimate of drug-likeness (QED) is 0.838. The maximum Gasteiger partial charge on any atom is 0.115 e. The molecule has 2 rings (SSSR count). The Morgan fingerprint density at radius 3 is 2.38 bits per heavy atom. The largest absolute Gasteiger partial charge is 0.508 e. The molecule has 0 amide bonds. The molecule has 0 spiro atoms. The number of nitrogens with one attached hydrogen (secondary N) is 1. The third-order valence-electron chi connectivity index (χ3n) is 2.31. The van der Waals surface area contributed by atoms with Crippen molar-refractivity contribution >= 4 is 21.6 Å². The molecule has 3 heteroatoms. The monoisotopic (exact) mass is 277 g/mol. The van der Waals surface area contributed by atoms with Crippen molar-refractivity contribution < 1.29 is 5.11 Å². The number of halogens is 1. The topological polar surface area (TPSA) is 32.3 Å². The lowest BCUT2D eigenvalue weighted by Gasteiger charge is -2.08. The molecule has 0 aliphatic heterocycles. The zero-order valence-electron chi connectivity index (χ0n) is 8.65. The molecular formula is C13H12BrNO. The van der Waals surface area contributed by atoms with Crippen LogP contribution in [0.5, 0.6) is 5.75 Å². The van der Waals surface area contributed by atoms with Crippen molar-refractivity contribution in [3.8, 4) is 5.75 Å². The van der Waals surface area contributed by atoms with Gasteiger partial charge in [0.2, 0.25) is 0 Å². The van der Waals surface area contributed by atoms with Crippen molar-refractivity contribution in [1.29, 1.82) is 0 Å². The van der Waals surface area contributed by atoms with Crippen LogP contribution < -0.4 is 5.32 Å². The van der Waals surface area contributed by atoms with E-state index in [0.29, 0.717) is 0 Å². The molecule has 0 aromatic heterocycles. The van der Waals surface area contributed by atoms with E-state index in [9.17, 15) is 0 Å². The van der Waals surface area contributed by atoms with Crippen LogP contribution in [0.4, 0.5) is 5.69 Å². The number of aromatic hydroxyl groups is 1. The molecule has 2 N–H and O–H groups in total. The number of hydrogen-bond donors (Lipinski definition) is 2. The molecule has 2 aromatic rings. The molecule has 0 heterocycles. The second-order valence-corrected chi connectivity index (χ2v) is 4.35. The molecule has 0 bridgehead atoms. The Kier molecular flexibility index (Phi) is 3.47. The van der Waals surface area contributed by atoms with Crippen molar-refractivity contribution in [3.63, 3.8) is 0 Å². The zero-order valence-corrected chi connectivity index (χ0v) is 10.2. The minimum absolute atomic E-state index is 0.284. The average molecular weight is 278 g/mol. The molecule has 0 unspecified atom stereocenters. The van der Waals surface area contributed by atoms with Gasteiger partial charge in [-0.3, -0.25) is 0 Å². The predicted molar refractivity (Wildman–Crippen MR) is 69.6 cm³/mol. The van der Waals surface area contributed by atoms with Crippen LogP contribution in [0.15, 0.2) is 53.0 Å². The number of benzene rings is 2. The number of phenolic OH excluding ortho intramolecular Hbond substituents is 1. The molecule has 16 heavy (non-hydrogen) atoms. The van der Waals surface area contributed by atoms with E-state index in [1.54, 1.807) is 12.1 Å². The third-order valence-corrected chi connectivity index (χ3v) is 3.08. The minimum atomic E-state index is 0.284. The molecule has 0 aliphatic rings. The minimum Gasteiger partial charge on any atom is -0.508 e. The van der Waals surface area contributed by atoms with Crippen LogP contribution in [0.1, 0.15) is 5.56 Å². The molecule has 2 nitrogen and oxygen atoms in total. The van der Waals surface area contributed by atoms with Gasteiger partial charge in [-0.15, -0.1) is 0 Å². The molecular weight excluding hydrogens is 266 g/mol. The fourth-order valence-electron chi connectivity index (χ4n) is 1.42. The first kappa shape index (κ1) is 11.0. The maximum atomic E-state index is 9.15. The van der Waals surface area contributed by atoms with Crippen LogP contribution in [-0.4, -0.2) is 5.11 Å². The summed E-state index contributed by atoms with van der Waals surface area (Å²) in [5.74, 6) is 0.284. The third kappa shape index (κ3) is 2.76. The van der Waals surface area contributed by atoms with E-state index in [2.05, 4.69) is 27.3 Å². The number of hydrogen-bond acceptors (Lipinski definition) is 2. The van der Waals surface area contributed by atoms with E-state index in [-0.39, 0.29) is 5.75 Å². The lowest BCUT2D eigenvalue weighted by molar-refractivity contribution is 0.475. The summed E-state index contributed by atoms with van der Waals surface area (Å²) in [7, 11) is 0. The van der Waals surface area contributed by atoms with Crippen molar-refractivity contribution in [2.24, 2.45) is 0 Å². The van der Waals surface area contributed by atoms with Crippen molar-refractivity contribution in [2.45, 2.75) is 6.54 Å². The second kappa shape index (κ2) is 5.03. The standard InChI is InChI=1S/C13H12BrNO/c14-13-4-2-1-3-10(13)9-15-11-5-7-12(16)8-6-11/h1-8,15-16H,9H2. The van der Waals surface area contributed by atoms with Crippen LogP contribution in [-0.2, 0) is 6.54 Å². The van der Waals surface area contributed by atoms with E-state index in [1.165, 1.54) is 5.56 Å². The Morgan fingerprint density at radius 2 is 1.69 bits per heavy atom. The summed E-state index contributed by atoms with van der Waals surface area (Å²) >= 11 is 3.50. The lowest BCUT2D eigenvalue weighted by Crippen LogP contribution is -1.99. The lowest BCUT2D eigenvalue weighted by atomic mass is 10.2. The normalized spacial score (nSPS) is 10.1. The van der Waals surface area contributed by atoms with Gasteiger partial charge in [-0.25, -0.2) is 0 Å². The predicted octanol–water partition coefficient (Wildman–Crippen LogP) is 3.77. The summed E-state index contributed by atoms with van der Waals surface area (Å²) in [5, 5.41) is 12.4.